The lowest BCUT2D eigenvalue weighted by Crippen LogP contribution is -2.36. The van der Waals surface area contributed by atoms with Crippen LogP contribution in [0.5, 0.6) is 0 Å². The fourth-order valence-electron chi connectivity index (χ4n) is 2.15. The fourth-order valence-corrected chi connectivity index (χ4v) is 2.15. The molecule has 19 heavy (non-hydrogen) atoms. The van der Waals surface area contributed by atoms with Crippen LogP contribution < -0.4 is 5.32 Å². The second kappa shape index (κ2) is 7.92. The number of hydrogen-bond acceptors (Lipinski definition) is 3. The van der Waals surface area contributed by atoms with E-state index < -0.39 is 12.0 Å². The van der Waals surface area contributed by atoms with Crippen LogP contribution in [-0.4, -0.2) is 42.2 Å². The maximum atomic E-state index is 11.4. The molecule has 4 heteroatoms. The first-order chi connectivity index (χ1) is 9.10. The molecule has 2 N–H and O–H groups in total. The lowest BCUT2D eigenvalue weighted by Gasteiger charge is -2.21. The van der Waals surface area contributed by atoms with Crippen LogP contribution >= 0.6 is 0 Å². The van der Waals surface area contributed by atoms with E-state index in [1.807, 2.05) is 31.2 Å². The quantitative estimate of drug-likeness (QED) is 0.754. The molecule has 1 aromatic carbocycles. The Morgan fingerprint density at radius 2 is 1.95 bits per heavy atom. The van der Waals surface area contributed by atoms with E-state index in [2.05, 4.69) is 24.1 Å². The van der Waals surface area contributed by atoms with Crippen LogP contribution in [-0.2, 0) is 4.79 Å². The number of carboxylic acid groups (broad SMARTS) is 1. The summed E-state index contributed by atoms with van der Waals surface area (Å²) in [7, 11) is 0. The number of carboxylic acids is 1. The molecule has 0 bridgehead atoms. The molecule has 0 amide bonds. The van der Waals surface area contributed by atoms with Crippen LogP contribution in [0.15, 0.2) is 24.3 Å². The first-order valence-corrected chi connectivity index (χ1v) is 6.84. The third kappa shape index (κ3) is 4.65. The first kappa shape index (κ1) is 15.7. The summed E-state index contributed by atoms with van der Waals surface area (Å²) in [5, 5.41) is 12.5. The Morgan fingerprint density at radius 1 is 1.32 bits per heavy atom. The summed E-state index contributed by atoms with van der Waals surface area (Å²) in [4.78, 5) is 13.7. The van der Waals surface area contributed by atoms with Crippen LogP contribution in [0, 0.1) is 6.92 Å². The summed E-state index contributed by atoms with van der Waals surface area (Å²) in [6.45, 7) is 9.67. The number of nitrogens with one attached hydrogen (secondary N) is 1. The van der Waals surface area contributed by atoms with E-state index in [4.69, 9.17) is 0 Å². The highest BCUT2D eigenvalue weighted by Crippen LogP contribution is 2.17. The van der Waals surface area contributed by atoms with Crippen molar-refractivity contribution < 1.29 is 9.90 Å². The summed E-state index contributed by atoms with van der Waals surface area (Å²) < 4.78 is 0. The van der Waals surface area contributed by atoms with Crippen molar-refractivity contribution >= 4 is 5.97 Å². The fraction of sp³-hybridized carbons (Fsp3) is 0.533. The Kier molecular flexibility index (Phi) is 6.53. The number of nitrogens with zero attached hydrogens (tertiary/aromatic N) is 1. The third-order valence-electron chi connectivity index (χ3n) is 3.42. The van der Waals surface area contributed by atoms with E-state index in [9.17, 15) is 9.90 Å². The predicted molar refractivity (Wildman–Crippen MR) is 77.3 cm³/mol. The van der Waals surface area contributed by atoms with Crippen LogP contribution in [0.4, 0.5) is 0 Å². The summed E-state index contributed by atoms with van der Waals surface area (Å²) in [5.41, 5.74) is 1.85. The lowest BCUT2D eigenvalue weighted by atomic mass is 10.0. The molecule has 1 rings (SSSR count). The van der Waals surface area contributed by atoms with Crippen LogP contribution in [0.3, 0.4) is 0 Å². The van der Waals surface area contributed by atoms with Gasteiger partial charge in [-0.3, -0.25) is 10.1 Å². The normalized spacial score (nSPS) is 12.6. The van der Waals surface area contributed by atoms with Gasteiger partial charge in [0.1, 0.15) is 6.04 Å². The van der Waals surface area contributed by atoms with Gasteiger partial charge in [0, 0.05) is 13.1 Å². The molecule has 0 aliphatic rings. The van der Waals surface area contributed by atoms with Crippen LogP contribution in [0.1, 0.15) is 31.0 Å². The molecule has 0 aliphatic carbocycles. The van der Waals surface area contributed by atoms with Gasteiger partial charge in [-0.2, -0.15) is 0 Å². The Balaban J connectivity index is 2.65. The van der Waals surface area contributed by atoms with Crippen molar-refractivity contribution in [3.63, 3.8) is 0 Å². The second-order valence-electron chi connectivity index (χ2n) is 4.61. The van der Waals surface area contributed by atoms with E-state index in [0.717, 1.165) is 30.8 Å². The van der Waals surface area contributed by atoms with Gasteiger partial charge in [0.15, 0.2) is 0 Å². The highest BCUT2D eigenvalue weighted by Gasteiger charge is 2.20. The number of benzene rings is 1. The largest absolute Gasteiger partial charge is 0.480 e. The zero-order valence-electron chi connectivity index (χ0n) is 12.0. The van der Waals surface area contributed by atoms with Gasteiger partial charge in [0.25, 0.3) is 0 Å². The van der Waals surface area contributed by atoms with Crippen molar-refractivity contribution in [2.75, 3.05) is 26.2 Å². The molecule has 0 radical (unpaired) electrons. The minimum absolute atomic E-state index is 0.628. The highest BCUT2D eigenvalue weighted by molar-refractivity contribution is 5.76. The molecule has 106 valence electrons. The van der Waals surface area contributed by atoms with Crippen LogP contribution in [0.2, 0.25) is 0 Å². The van der Waals surface area contributed by atoms with E-state index >= 15 is 0 Å². The minimum atomic E-state index is -0.825. The van der Waals surface area contributed by atoms with Gasteiger partial charge >= 0.3 is 5.97 Å². The molecule has 0 saturated heterocycles. The first-order valence-electron chi connectivity index (χ1n) is 6.84. The molecule has 0 saturated carbocycles. The van der Waals surface area contributed by atoms with Crippen molar-refractivity contribution in [3.05, 3.63) is 35.4 Å². The van der Waals surface area contributed by atoms with Gasteiger partial charge in [0.2, 0.25) is 0 Å². The molecule has 0 fully saturated rings. The number of carbonyl (C=O) groups is 1. The van der Waals surface area contributed by atoms with Gasteiger partial charge in [-0.15, -0.1) is 0 Å². The Labute approximate surface area is 115 Å². The molecule has 0 spiro atoms. The highest BCUT2D eigenvalue weighted by atomic mass is 16.4. The molecule has 1 unspecified atom stereocenters. The van der Waals surface area contributed by atoms with Gasteiger partial charge in [0.05, 0.1) is 0 Å². The summed E-state index contributed by atoms with van der Waals surface area (Å²) in [6.07, 6.45) is 0. The van der Waals surface area contributed by atoms with Crippen molar-refractivity contribution in [3.8, 4) is 0 Å². The van der Waals surface area contributed by atoms with Crippen molar-refractivity contribution in [1.82, 2.24) is 10.2 Å². The van der Waals surface area contributed by atoms with Crippen LogP contribution in [0.25, 0.3) is 0 Å². The summed E-state index contributed by atoms with van der Waals surface area (Å²) in [5.74, 6) is -0.825. The predicted octanol–water partition coefficient (Wildman–Crippen LogP) is 2.05. The lowest BCUT2D eigenvalue weighted by molar-refractivity contribution is -0.139. The van der Waals surface area contributed by atoms with Crippen molar-refractivity contribution in [2.45, 2.75) is 26.8 Å². The number of aliphatic carboxylic acids is 1. The smallest absolute Gasteiger partial charge is 0.325 e. The Hall–Kier alpha value is -1.39. The SMILES string of the molecule is CCN(CC)CCNC(C(=O)O)c1ccccc1C. The monoisotopic (exact) mass is 264 g/mol. The maximum Gasteiger partial charge on any atom is 0.325 e. The van der Waals surface area contributed by atoms with Crippen molar-refractivity contribution in [1.29, 1.82) is 0 Å². The standard InChI is InChI=1S/C15H24N2O2/c1-4-17(5-2)11-10-16-14(15(18)19)13-9-7-6-8-12(13)3/h6-9,14,16H,4-5,10-11H2,1-3H3,(H,18,19). The number of aryl methyl sites for hydroxylation is 1. The number of hydrogen-bond donors (Lipinski definition) is 2. The molecular weight excluding hydrogens is 240 g/mol. The van der Waals surface area contributed by atoms with Crippen molar-refractivity contribution in [2.24, 2.45) is 0 Å². The zero-order valence-corrected chi connectivity index (χ0v) is 12.0. The average Bonchev–Trinajstić information content (AvgIpc) is 2.40. The molecule has 1 atom stereocenters. The van der Waals surface area contributed by atoms with E-state index in [-0.39, 0.29) is 0 Å². The Morgan fingerprint density at radius 3 is 2.47 bits per heavy atom. The van der Waals surface area contributed by atoms with Gasteiger partial charge in [-0.1, -0.05) is 38.1 Å². The molecule has 4 nitrogen and oxygen atoms in total. The van der Waals surface area contributed by atoms with E-state index in [1.165, 1.54) is 0 Å². The van der Waals surface area contributed by atoms with Gasteiger partial charge in [-0.05, 0) is 31.1 Å². The Bertz CT molecular complexity index is 403. The van der Waals surface area contributed by atoms with E-state index in [1.54, 1.807) is 0 Å². The number of rotatable bonds is 8. The molecule has 0 heterocycles. The second-order valence-corrected chi connectivity index (χ2v) is 4.61. The topological polar surface area (TPSA) is 52.6 Å². The van der Waals surface area contributed by atoms with Gasteiger partial charge < -0.3 is 10.0 Å². The zero-order chi connectivity index (χ0) is 14.3. The molecule has 1 aromatic rings. The third-order valence-corrected chi connectivity index (χ3v) is 3.42. The average molecular weight is 264 g/mol. The number of likely N-dealkylation sites (N-methyl/N-ethyl adjacent to an activating group) is 1. The van der Waals surface area contributed by atoms with Gasteiger partial charge in [-0.25, -0.2) is 0 Å². The summed E-state index contributed by atoms with van der Waals surface area (Å²) in [6, 6.07) is 6.99. The molecule has 0 aliphatic heterocycles. The molecular formula is C15H24N2O2. The van der Waals surface area contributed by atoms with E-state index in [0.29, 0.717) is 6.54 Å². The molecule has 0 aromatic heterocycles. The summed E-state index contributed by atoms with van der Waals surface area (Å²) >= 11 is 0. The maximum absolute atomic E-state index is 11.4. The minimum Gasteiger partial charge on any atom is -0.480 e.